The smallest absolute Gasteiger partial charge is 0.132 e. The molecule has 4 nitrogen and oxygen atoms in total. The maximum Gasteiger partial charge on any atom is 0.132 e. The van der Waals surface area contributed by atoms with Crippen LogP contribution in [0.15, 0.2) is 36.4 Å². The Labute approximate surface area is 116 Å². The van der Waals surface area contributed by atoms with Crippen LogP contribution in [0.1, 0.15) is 11.1 Å². The summed E-state index contributed by atoms with van der Waals surface area (Å²) < 4.78 is 5.09. The Morgan fingerprint density at radius 3 is 2.68 bits per heavy atom. The minimum atomic E-state index is 0.302. The van der Waals surface area contributed by atoms with Crippen molar-refractivity contribution in [2.24, 2.45) is 0 Å². The van der Waals surface area contributed by atoms with Crippen molar-refractivity contribution in [1.29, 1.82) is 5.26 Å². The molecule has 0 saturated heterocycles. The summed E-state index contributed by atoms with van der Waals surface area (Å²) in [5.74, 6) is 1.40. The summed E-state index contributed by atoms with van der Waals surface area (Å²) in [5.41, 5.74) is 1.57. The van der Waals surface area contributed by atoms with Crippen LogP contribution in [0.2, 0.25) is 5.15 Å². The first kappa shape index (κ1) is 13.2. The molecule has 1 aromatic heterocycles. The van der Waals surface area contributed by atoms with E-state index in [0.717, 1.165) is 11.3 Å². The highest BCUT2D eigenvalue weighted by molar-refractivity contribution is 6.29. The van der Waals surface area contributed by atoms with Crippen molar-refractivity contribution in [3.05, 3.63) is 52.7 Å². The first-order chi connectivity index (χ1) is 9.21. The normalized spacial score (nSPS) is 9.74. The number of methoxy groups -OCH3 is 1. The Hall–Kier alpha value is -2.25. The monoisotopic (exact) mass is 273 g/mol. The number of pyridine rings is 1. The lowest BCUT2D eigenvalue weighted by atomic mass is 10.2. The standard InChI is InChI=1S/C14H12ClN3O/c1-19-12-4-2-10(3-5-12)9-17-14-7-11(8-16)6-13(15)18-14/h2-7H,9H2,1H3,(H,17,18). The molecule has 0 aliphatic rings. The number of ether oxygens (including phenoxy) is 1. The molecule has 0 aliphatic carbocycles. The number of hydrogen-bond donors (Lipinski definition) is 1. The number of hydrogen-bond acceptors (Lipinski definition) is 4. The third-order valence-electron chi connectivity index (χ3n) is 2.56. The first-order valence-electron chi connectivity index (χ1n) is 5.66. The van der Waals surface area contributed by atoms with E-state index in [9.17, 15) is 0 Å². The molecule has 96 valence electrons. The maximum atomic E-state index is 8.85. The summed E-state index contributed by atoms with van der Waals surface area (Å²) in [7, 11) is 1.63. The van der Waals surface area contributed by atoms with E-state index >= 15 is 0 Å². The van der Waals surface area contributed by atoms with E-state index in [0.29, 0.717) is 23.1 Å². The summed E-state index contributed by atoms with van der Waals surface area (Å²) in [4.78, 5) is 4.11. The molecule has 19 heavy (non-hydrogen) atoms. The van der Waals surface area contributed by atoms with Crippen LogP contribution in [0, 0.1) is 11.3 Å². The van der Waals surface area contributed by atoms with Gasteiger partial charge in [0.1, 0.15) is 16.7 Å². The van der Waals surface area contributed by atoms with Crippen LogP contribution in [0.25, 0.3) is 0 Å². The largest absolute Gasteiger partial charge is 0.497 e. The number of nitriles is 1. The zero-order valence-electron chi connectivity index (χ0n) is 10.4. The lowest BCUT2D eigenvalue weighted by Gasteiger charge is -2.07. The lowest BCUT2D eigenvalue weighted by Crippen LogP contribution is -2.01. The fourth-order valence-electron chi connectivity index (χ4n) is 1.59. The highest BCUT2D eigenvalue weighted by Crippen LogP contribution is 2.16. The van der Waals surface area contributed by atoms with Crippen molar-refractivity contribution >= 4 is 17.4 Å². The van der Waals surface area contributed by atoms with Gasteiger partial charge in [-0.1, -0.05) is 23.7 Å². The van der Waals surface area contributed by atoms with Gasteiger partial charge in [0.15, 0.2) is 0 Å². The summed E-state index contributed by atoms with van der Waals surface area (Å²) in [5, 5.41) is 12.3. The molecule has 1 heterocycles. The summed E-state index contributed by atoms with van der Waals surface area (Å²) in [6, 6.07) is 12.9. The molecule has 0 aliphatic heterocycles. The van der Waals surface area contributed by atoms with Crippen LogP contribution < -0.4 is 10.1 Å². The van der Waals surface area contributed by atoms with Gasteiger partial charge in [-0.15, -0.1) is 0 Å². The van der Waals surface area contributed by atoms with E-state index in [1.165, 1.54) is 6.07 Å². The molecular formula is C14H12ClN3O. The van der Waals surface area contributed by atoms with Gasteiger partial charge >= 0.3 is 0 Å². The van der Waals surface area contributed by atoms with Gasteiger partial charge in [0, 0.05) is 6.54 Å². The molecule has 0 saturated carbocycles. The Bertz CT molecular complexity index is 605. The molecule has 5 heteroatoms. The predicted molar refractivity (Wildman–Crippen MR) is 74.3 cm³/mol. The zero-order valence-corrected chi connectivity index (χ0v) is 11.1. The molecule has 1 N–H and O–H groups in total. The Morgan fingerprint density at radius 1 is 1.32 bits per heavy atom. The lowest BCUT2D eigenvalue weighted by molar-refractivity contribution is 0.414. The number of halogens is 1. The second-order valence-electron chi connectivity index (χ2n) is 3.88. The van der Waals surface area contributed by atoms with Gasteiger partial charge in [-0.3, -0.25) is 0 Å². The fraction of sp³-hybridized carbons (Fsp3) is 0.143. The topological polar surface area (TPSA) is 57.9 Å². The van der Waals surface area contributed by atoms with Gasteiger partial charge < -0.3 is 10.1 Å². The second kappa shape index (κ2) is 6.07. The summed E-state index contributed by atoms with van der Waals surface area (Å²) in [6.07, 6.45) is 0. The molecule has 0 radical (unpaired) electrons. The fourth-order valence-corrected chi connectivity index (χ4v) is 1.80. The van der Waals surface area contributed by atoms with Gasteiger partial charge in [-0.05, 0) is 29.8 Å². The summed E-state index contributed by atoms with van der Waals surface area (Å²) in [6.45, 7) is 0.599. The molecule has 0 amide bonds. The number of anilines is 1. The van der Waals surface area contributed by atoms with E-state index in [1.807, 2.05) is 30.3 Å². The maximum absolute atomic E-state index is 8.85. The number of nitrogens with zero attached hydrogens (tertiary/aromatic N) is 2. The van der Waals surface area contributed by atoms with E-state index in [-0.39, 0.29) is 0 Å². The Balaban J connectivity index is 2.05. The molecule has 2 aromatic rings. The van der Waals surface area contributed by atoms with Crippen molar-refractivity contribution in [3.63, 3.8) is 0 Å². The molecule has 0 unspecified atom stereocenters. The van der Waals surface area contributed by atoms with Gasteiger partial charge in [0.25, 0.3) is 0 Å². The van der Waals surface area contributed by atoms with Crippen molar-refractivity contribution in [2.45, 2.75) is 6.54 Å². The molecule has 0 spiro atoms. The second-order valence-corrected chi connectivity index (χ2v) is 4.26. The molecule has 2 rings (SSSR count). The number of benzene rings is 1. The predicted octanol–water partition coefficient (Wildman–Crippen LogP) is 3.23. The summed E-state index contributed by atoms with van der Waals surface area (Å²) >= 11 is 5.83. The third kappa shape index (κ3) is 3.60. The van der Waals surface area contributed by atoms with E-state index in [4.69, 9.17) is 21.6 Å². The number of nitrogens with one attached hydrogen (secondary N) is 1. The van der Waals surface area contributed by atoms with Crippen molar-refractivity contribution in [1.82, 2.24) is 4.98 Å². The third-order valence-corrected chi connectivity index (χ3v) is 2.75. The number of aromatic nitrogens is 1. The molecule has 1 aromatic carbocycles. The van der Waals surface area contributed by atoms with Crippen molar-refractivity contribution in [3.8, 4) is 11.8 Å². The highest BCUT2D eigenvalue weighted by atomic mass is 35.5. The molecule has 0 atom stereocenters. The average Bonchev–Trinajstić information content (AvgIpc) is 2.45. The van der Waals surface area contributed by atoms with Crippen LogP contribution in [0.5, 0.6) is 5.75 Å². The van der Waals surface area contributed by atoms with Gasteiger partial charge in [0.05, 0.1) is 18.7 Å². The quantitative estimate of drug-likeness (QED) is 0.869. The van der Waals surface area contributed by atoms with E-state index in [2.05, 4.69) is 10.3 Å². The van der Waals surface area contributed by atoms with Crippen molar-refractivity contribution in [2.75, 3.05) is 12.4 Å². The van der Waals surface area contributed by atoms with Crippen LogP contribution >= 0.6 is 11.6 Å². The molecular weight excluding hydrogens is 262 g/mol. The minimum absolute atomic E-state index is 0.302. The van der Waals surface area contributed by atoms with Gasteiger partial charge in [0.2, 0.25) is 0 Å². The first-order valence-corrected chi connectivity index (χ1v) is 6.03. The average molecular weight is 274 g/mol. The minimum Gasteiger partial charge on any atom is -0.497 e. The van der Waals surface area contributed by atoms with E-state index in [1.54, 1.807) is 13.2 Å². The highest BCUT2D eigenvalue weighted by Gasteiger charge is 2.01. The van der Waals surface area contributed by atoms with Crippen molar-refractivity contribution < 1.29 is 4.74 Å². The molecule has 0 fully saturated rings. The number of rotatable bonds is 4. The Morgan fingerprint density at radius 2 is 2.05 bits per heavy atom. The zero-order chi connectivity index (χ0) is 13.7. The van der Waals surface area contributed by atoms with Gasteiger partial charge in [-0.2, -0.15) is 5.26 Å². The van der Waals surface area contributed by atoms with Crippen LogP contribution in [0.3, 0.4) is 0 Å². The van der Waals surface area contributed by atoms with Crippen LogP contribution in [-0.2, 0) is 6.54 Å². The van der Waals surface area contributed by atoms with E-state index < -0.39 is 0 Å². The van der Waals surface area contributed by atoms with Gasteiger partial charge in [-0.25, -0.2) is 4.98 Å². The Kier molecular flexibility index (Phi) is 4.22. The molecule has 0 bridgehead atoms. The van der Waals surface area contributed by atoms with Crippen LogP contribution in [0.4, 0.5) is 5.82 Å². The SMILES string of the molecule is COc1ccc(CNc2cc(C#N)cc(Cl)n2)cc1. The van der Waals surface area contributed by atoms with Crippen LogP contribution in [-0.4, -0.2) is 12.1 Å².